The molecule has 1 aromatic carbocycles. The van der Waals surface area contributed by atoms with Crippen LogP contribution in [0, 0.1) is 0 Å². The number of nitrogens with zero attached hydrogens (tertiary/aromatic N) is 7. The lowest BCUT2D eigenvalue weighted by Crippen LogP contribution is -2.34. The van der Waals surface area contributed by atoms with Crippen molar-refractivity contribution in [2.75, 3.05) is 53.1 Å². The molecule has 16 nitrogen and oxygen atoms in total. The van der Waals surface area contributed by atoms with E-state index in [9.17, 15) is 8.42 Å². The molecule has 0 unspecified atom stereocenters. The Morgan fingerprint density at radius 3 is 1.68 bits per heavy atom. The van der Waals surface area contributed by atoms with E-state index in [1.165, 1.54) is 44.5 Å². The average molecular weight is 602 g/mol. The number of hydrogen-bond donors (Lipinski definition) is 6. The van der Waals surface area contributed by atoms with Gasteiger partial charge in [0.15, 0.2) is 5.75 Å². The minimum atomic E-state index is -3.86. The molecule has 0 aliphatic carbocycles. The maximum Gasteiger partial charge on any atom is 0.264 e. The average Bonchev–Trinajstić information content (AvgIpc) is 2.94. The Morgan fingerprint density at radius 2 is 1.22 bits per heavy atom. The van der Waals surface area contributed by atoms with Crippen LogP contribution in [0.5, 0.6) is 5.75 Å². The molecular formula is C24H51N13O3S. The van der Waals surface area contributed by atoms with E-state index in [2.05, 4.69) is 29.8 Å². The van der Waals surface area contributed by atoms with Crippen LogP contribution in [-0.4, -0.2) is 66.6 Å². The Labute approximate surface area is 247 Å². The Balaban J connectivity index is -0.00000105. The van der Waals surface area contributed by atoms with E-state index < -0.39 is 10.0 Å². The minimum absolute atomic E-state index is 0. The van der Waals surface area contributed by atoms with Crippen molar-refractivity contribution in [1.82, 2.24) is 49.5 Å². The van der Waals surface area contributed by atoms with Gasteiger partial charge < -0.3 is 44.5 Å². The molecule has 14 N–H and O–H groups in total. The molecule has 236 valence electrons. The standard InChI is InChI=1S/C24H31N9O3S.4H3N.4H2/c1-36-19-16-25-21(26-17-19)31-37(34,35)20-10-8-18(9-11-20)27-22-28-23(32-12-4-2-5-13-32)30-24(29-22)33-14-6-3-7-15-33;;;;;;;;/h8-11,16-17H,2-7,12-15H2,1H3,(H,25,26,31)(H,27,28,29,30);4*1H3;4*1H. The topological polar surface area (TPSA) is 278 Å². The third kappa shape index (κ3) is 8.79. The third-order valence-corrected chi connectivity index (χ3v) is 7.74. The lowest BCUT2D eigenvalue weighted by molar-refractivity contribution is 0.411. The Hall–Kier alpha value is -3.90. The number of aromatic nitrogens is 5. The van der Waals surface area contributed by atoms with Crippen molar-refractivity contribution in [3.8, 4) is 5.75 Å². The van der Waals surface area contributed by atoms with Gasteiger partial charge in [0.05, 0.1) is 24.4 Å². The zero-order valence-corrected chi connectivity index (χ0v) is 24.4. The first-order valence-electron chi connectivity index (χ1n) is 12.5. The van der Waals surface area contributed by atoms with E-state index in [1.807, 2.05) is 0 Å². The van der Waals surface area contributed by atoms with Crippen LogP contribution in [-0.2, 0) is 10.0 Å². The molecule has 2 fully saturated rings. The van der Waals surface area contributed by atoms with Gasteiger partial charge in [-0.05, 0) is 62.8 Å². The molecular weight excluding hydrogens is 550 g/mol. The Bertz CT molecular complexity index is 1280. The van der Waals surface area contributed by atoms with E-state index in [4.69, 9.17) is 19.7 Å². The van der Waals surface area contributed by atoms with E-state index in [0.29, 0.717) is 29.3 Å². The fraction of sp³-hybridized carbons (Fsp3) is 0.458. The van der Waals surface area contributed by atoms with Crippen molar-refractivity contribution < 1.29 is 18.9 Å². The predicted octanol–water partition coefficient (Wildman–Crippen LogP) is 4.83. The van der Waals surface area contributed by atoms with Gasteiger partial charge in [0.2, 0.25) is 23.8 Å². The van der Waals surface area contributed by atoms with Crippen molar-refractivity contribution in [3.63, 3.8) is 0 Å². The SMILES string of the molecule is COc1cnc(NS(=O)(=O)c2ccc(Nc3nc(N4CCCCC4)nc(N4CCCCC4)n3)cc2)nc1.N.N.N.N.[HH].[HH].[HH].[HH]. The maximum atomic E-state index is 12.8. The highest BCUT2D eigenvalue weighted by atomic mass is 32.2. The van der Waals surface area contributed by atoms with Gasteiger partial charge in [0.1, 0.15) is 0 Å². The second kappa shape index (κ2) is 15.8. The van der Waals surface area contributed by atoms with Gasteiger partial charge in [-0.2, -0.15) is 15.0 Å². The van der Waals surface area contributed by atoms with Crippen molar-refractivity contribution in [2.45, 2.75) is 43.4 Å². The lowest BCUT2D eigenvalue weighted by Gasteiger charge is -2.30. The summed E-state index contributed by atoms with van der Waals surface area (Å²) in [5, 5.41) is 3.23. The highest BCUT2D eigenvalue weighted by Gasteiger charge is 2.21. The van der Waals surface area contributed by atoms with E-state index in [0.717, 1.165) is 51.9 Å². The molecule has 0 amide bonds. The van der Waals surface area contributed by atoms with E-state index in [1.54, 1.807) is 12.1 Å². The number of piperidine rings is 2. The molecule has 41 heavy (non-hydrogen) atoms. The molecule has 17 heteroatoms. The minimum Gasteiger partial charge on any atom is -0.494 e. The first-order chi connectivity index (χ1) is 18.0. The number of nitrogens with one attached hydrogen (secondary N) is 2. The molecule has 0 spiro atoms. The molecule has 2 aromatic heterocycles. The molecule has 0 saturated carbocycles. The fourth-order valence-corrected chi connectivity index (χ4v) is 5.34. The van der Waals surface area contributed by atoms with Crippen LogP contribution in [0.3, 0.4) is 0 Å². The summed E-state index contributed by atoms with van der Waals surface area (Å²) < 4.78 is 32.9. The van der Waals surface area contributed by atoms with Crippen molar-refractivity contribution in [3.05, 3.63) is 36.7 Å². The van der Waals surface area contributed by atoms with Crippen LogP contribution >= 0.6 is 0 Å². The van der Waals surface area contributed by atoms with Gasteiger partial charge in [-0.15, -0.1) is 0 Å². The third-order valence-electron chi connectivity index (χ3n) is 6.40. The number of hydrogen-bond acceptors (Lipinski definition) is 15. The Morgan fingerprint density at radius 1 is 0.732 bits per heavy atom. The molecule has 0 atom stereocenters. The van der Waals surface area contributed by atoms with Gasteiger partial charge in [-0.1, -0.05) is 0 Å². The summed E-state index contributed by atoms with van der Waals surface area (Å²) in [6, 6.07) is 6.36. The number of sulfonamides is 1. The van der Waals surface area contributed by atoms with E-state index in [-0.39, 0.29) is 41.2 Å². The molecule has 2 aliphatic heterocycles. The van der Waals surface area contributed by atoms with Gasteiger partial charge >= 0.3 is 0 Å². The summed E-state index contributed by atoms with van der Waals surface area (Å²) in [7, 11) is -2.38. The quantitative estimate of drug-likeness (QED) is 0.201. The summed E-state index contributed by atoms with van der Waals surface area (Å²) in [4.78, 5) is 26.6. The maximum absolute atomic E-state index is 12.8. The van der Waals surface area contributed by atoms with Crippen LogP contribution in [0.2, 0.25) is 0 Å². The van der Waals surface area contributed by atoms with Crippen LogP contribution in [0.25, 0.3) is 0 Å². The van der Waals surface area contributed by atoms with Crippen molar-refractivity contribution in [2.24, 2.45) is 0 Å². The van der Waals surface area contributed by atoms with Crippen LogP contribution < -0.4 is 49.2 Å². The summed E-state index contributed by atoms with van der Waals surface area (Å²) in [6.45, 7) is 3.72. The zero-order chi connectivity index (χ0) is 25.7. The summed E-state index contributed by atoms with van der Waals surface area (Å²) in [5.74, 6) is 2.20. The second-order valence-corrected chi connectivity index (χ2v) is 10.7. The summed E-state index contributed by atoms with van der Waals surface area (Å²) in [5.41, 5.74) is 0.667. The van der Waals surface area contributed by atoms with Crippen molar-refractivity contribution >= 4 is 39.5 Å². The van der Waals surface area contributed by atoms with Gasteiger partial charge in [-0.3, -0.25) is 0 Å². The normalized spacial score (nSPS) is 14.8. The second-order valence-electron chi connectivity index (χ2n) is 9.06. The molecule has 4 heterocycles. The van der Waals surface area contributed by atoms with Gasteiger partial charge in [-0.25, -0.2) is 23.1 Å². The summed E-state index contributed by atoms with van der Waals surface area (Å²) >= 11 is 0. The first-order valence-corrected chi connectivity index (χ1v) is 14.0. The molecule has 0 bridgehead atoms. The number of methoxy groups -OCH3 is 1. The van der Waals surface area contributed by atoms with Crippen LogP contribution in [0.1, 0.15) is 44.2 Å². The first kappa shape index (κ1) is 35.1. The predicted molar refractivity (Wildman–Crippen MR) is 170 cm³/mol. The monoisotopic (exact) mass is 601 g/mol. The zero-order valence-electron chi connectivity index (χ0n) is 23.6. The van der Waals surface area contributed by atoms with E-state index >= 15 is 0 Å². The highest BCUT2D eigenvalue weighted by Crippen LogP contribution is 2.25. The summed E-state index contributed by atoms with van der Waals surface area (Å²) in [6.07, 6.45) is 9.72. The molecule has 2 saturated heterocycles. The number of ether oxygens (including phenoxy) is 1. The van der Waals surface area contributed by atoms with Crippen molar-refractivity contribution in [1.29, 1.82) is 0 Å². The molecule has 0 radical (unpaired) electrons. The number of anilines is 5. The largest absolute Gasteiger partial charge is 0.494 e. The molecule has 5 rings (SSSR count). The number of rotatable bonds is 8. The van der Waals surface area contributed by atoms with Crippen LogP contribution in [0.4, 0.5) is 29.5 Å². The molecule has 3 aromatic rings. The fourth-order valence-electron chi connectivity index (χ4n) is 4.38. The van der Waals surface area contributed by atoms with Crippen LogP contribution in [0.15, 0.2) is 41.6 Å². The number of benzene rings is 1. The highest BCUT2D eigenvalue weighted by molar-refractivity contribution is 7.92. The van der Waals surface area contributed by atoms with Gasteiger partial charge in [0.25, 0.3) is 10.0 Å². The lowest BCUT2D eigenvalue weighted by atomic mass is 10.1. The molecule has 2 aliphatic rings. The Kier molecular flexibility index (Phi) is 13.5. The van der Waals surface area contributed by atoms with Gasteiger partial charge in [0, 0.05) is 37.6 Å². The smallest absolute Gasteiger partial charge is 0.264 e.